The molecule has 0 saturated carbocycles. The van der Waals surface area contributed by atoms with E-state index in [2.05, 4.69) is 32.9 Å². The maximum absolute atomic E-state index is 11.6. The van der Waals surface area contributed by atoms with Crippen molar-refractivity contribution in [2.75, 3.05) is 19.3 Å². The lowest BCUT2D eigenvalue weighted by molar-refractivity contribution is 0.602. The summed E-state index contributed by atoms with van der Waals surface area (Å²) in [7, 11) is -3.16. The van der Waals surface area contributed by atoms with E-state index in [-0.39, 0.29) is 0 Å². The average molecular weight is 440 g/mol. The summed E-state index contributed by atoms with van der Waals surface area (Å²) >= 11 is 0. The smallest absolute Gasteiger partial charge is 0.191 e. The van der Waals surface area contributed by atoms with Crippen LogP contribution in [0.15, 0.2) is 76.9 Å². The van der Waals surface area contributed by atoms with Crippen molar-refractivity contribution < 1.29 is 8.42 Å². The second-order valence-corrected chi connectivity index (χ2v) is 9.34. The summed E-state index contributed by atoms with van der Waals surface area (Å²) in [5.41, 5.74) is 3.32. The highest BCUT2D eigenvalue weighted by Crippen LogP contribution is 2.10. The minimum absolute atomic E-state index is 0.340. The van der Waals surface area contributed by atoms with Crippen LogP contribution >= 0.6 is 0 Å². The molecule has 0 aliphatic rings. The van der Waals surface area contributed by atoms with Crippen molar-refractivity contribution in [1.29, 1.82) is 0 Å². The average Bonchev–Trinajstić information content (AvgIpc) is 3.20. The number of rotatable bonds is 9. The predicted molar refractivity (Wildman–Crippen MR) is 124 cm³/mol. The van der Waals surface area contributed by atoms with Crippen LogP contribution in [0.2, 0.25) is 0 Å². The minimum atomic E-state index is -3.16. The summed E-state index contributed by atoms with van der Waals surface area (Å²) in [6, 6.07) is 17.2. The lowest BCUT2D eigenvalue weighted by atomic mass is 10.1. The van der Waals surface area contributed by atoms with Crippen LogP contribution in [-0.4, -0.2) is 43.5 Å². The second-order valence-electron chi connectivity index (χ2n) is 7.32. The van der Waals surface area contributed by atoms with Crippen LogP contribution in [0.4, 0.5) is 0 Å². The number of benzene rings is 2. The van der Waals surface area contributed by atoms with Gasteiger partial charge in [-0.3, -0.25) is 4.68 Å². The Morgan fingerprint density at radius 3 is 2.42 bits per heavy atom. The van der Waals surface area contributed by atoms with E-state index in [0.29, 0.717) is 18.0 Å². The largest absolute Gasteiger partial charge is 0.357 e. The molecule has 164 valence electrons. The van der Waals surface area contributed by atoms with E-state index < -0.39 is 9.84 Å². The lowest BCUT2D eigenvalue weighted by Gasteiger charge is -2.11. The SMILES string of the molecule is CCNC(=NCc1cnn(Cc2ccccc2)c1)NCCc1ccc(S(C)(=O)=O)cc1. The van der Waals surface area contributed by atoms with Crippen LogP contribution in [0.5, 0.6) is 0 Å². The Morgan fingerprint density at radius 1 is 1.00 bits per heavy atom. The molecule has 31 heavy (non-hydrogen) atoms. The second kappa shape index (κ2) is 10.8. The predicted octanol–water partition coefficient (Wildman–Crippen LogP) is 2.63. The van der Waals surface area contributed by atoms with Gasteiger partial charge >= 0.3 is 0 Å². The Bertz CT molecular complexity index is 1090. The summed E-state index contributed by atoms with van der Waals surface area (Å²) in [6.07, 6.45) is 5.85. The molecule has 0 bridgehead atoms. The number of hydrogen-bond acceptors (Lipinski definition) is 4. The summed E-state index contributed by atoms with van der Waals surface area (Å²) in [4.78, 5) is 4.98. The Balaban J connectivity index is 1.52. The molecule has 8 heteroatoms. The van der Waals surface area contributed by atoms with Crippen LogP contribution in [0, 0.1) is 0 Å². The normalized spacial score (nSPS) is 12.0. The molecule has 0 atom stereocenters. The van der Waals surface area contributed by atoms with Crippen molar-refractivity contribution in [3.05, 3.63) is 83.7 Å². The molecule has 3 rings (SSSR count). The van der Waals surface area contributed by atoms with E-state index in [4.69, 9.17) is 0 Å². The fourth-order valence-electron chi connectivity index (χ4n) is 3.09. The third-order valence-electron chi connectivity index (χ3n) is 4.70. The molecule has 0 spiro atoms. The molecule has 0 aliphatic heterocycles. The third-order valence-corrected chi connectivity index (χ3v) is 5.82. The monoisotopic (exact) mass is 439 g/mol. The van der Waals surface area contributed by atoms with Gasteiger partial charge < -0.3 is 10.6 Å². The lowest BCUT2D eigenvalue weighted by Crippen LogP contribution is -2.38. The maximum atomic E-state index is 11.6. The zero-order valence-corrected chi connectivity index (χ0v) is 18.8. The van der Waals surface area contributed by atoms with E-state index in [1.165, 1.54) is 11.8 Å². The van der Waals surface area contributed by atoms with Crippen LogP contribution in [0.25, 0.3) is 0 Å². The quantitative estimate of drug-likeness (QED) is 0.395. The molecule has 2 aromatic carbocycles. The molecule has 7 nitrogen and oxygen atoms in total. The van der Waals surface area contributed by atoms with E-state index in [9.17, 15) is 8.42 Å². The standard InChI is InChI=1S/C23H29N5O2S/c1-3-24-23(25-14-13-19-9-11-22(12-10-19)31(2,29)30)26-15-21-16-27-28(18-21)17-20-7-5-4-6-8-20/h4-12,16,18H,3,13-15,17H2,1-2H3,(H2,24,25,26). The number of guanidine groups is 1. The van der Waals surface area contributed by atoms with Crippen LogP contribution in [0.3, 0.4) is 0 Å². The highest BCUT2D eigenvalue weighted by atomic mass is 32.2. The first-order valence-electron chi connectivity index (χ1n) is 10.3. The van der Waals surface area contributed by atoms with Gasteiger partial charge in [0.1, 0.15) is 0 Å². The van der Waals surface area contributed by atoms with E-state index >= 15 is 0 Å². The number of nitrogens with zero attached hydrogens (tertiary/aromatic N) is 3. The first kappa shape index (κ1) is 22.6. The Hall–Kier alpha value is -3.13. The van der Waals surface area contributed by atoms with Gasteiger partial charge in [0, 0.05) is 31.1 Å². The Labute approximate surface area is 184 Å². The molecule has 0 unspecified atom stereocenters. The summed E-state index contributed by atoms with van der Waals surface area (Å²) < 4.78 is 25.0. The van der Waals surface area contributed by atoms with Crippen molar-refractivity contribution in [2.24, 2.45) is 4.99 Å². The number of hydrogen-bond donors (Lipinski definition) is 2. The molecule has 0 radical (unpaired) electrons. The number of sulfone groups is 1. The molecule has 0 fully saturated rings. The van der Waals surface area contributed by atoms with Gasteiger partial charge in [0.05, 0.1) is 24.2 Å². The zero-order valence-electron chi connectivity index (χ0n) is 18.0. The minimum Gasteiger partial charge on any atom is -0.357 e. The van der Waals surface area contributed by atoms with Gasteiger partial charge in [0.25, 0.3) is 0 Å². The van der Waals surface area contributed by atoms with Gasteiger partial charge in [0.2, 0.25) is 0 Å². The van der Waals surface area contributed by atoms with Crippen molar-refractivity contribution in [1.82, 2.24) is 20.4 Å². The van der Waals surface area contributed by atoms with Gasteiger partial charge in [-0.05, 0) is 36.6 Å². The van der Waals surface area contributed by atoms with Crippen molar-refractivity contribution in [2.45, 2.75) is 31.3 Å². The molecule has 0 saturated heterocycles. The van der Waals surface area contributed by atoms with Gasteiger partial charge in [0.15, 0.2) is 15.8 Å². The maximum Gasteiger partial charge on any atom is 0.191 e. The number of nitrogens with one attached hydrogen (secondary N) is 2. The van der Waals surface area contributed by atoms with Crippen LogP contribution < -0.4 is 10.6 Å². The highest BCUT2D eigenvalue weighted by Gasteiger charge is 2.06. The van der Waals surface area contributed by atoms with Gasteiger partial charge in [-0.15, -0.1) is 0 Å². The summed E-state index contributed by atoms with van der Waals surface area (Å²) in [6.45, 7) is 4.76. The molecule has 0 aliphatic carbocycles. The molecule has 3 aromatic rings. The number of aliphatic imine (C=N–C) groups is 1. The van der Waals surface area contributed by atoms with Crippen molar-refractivity contribution in [3.8, 4) is 0 Å². The van der Waals surface area contributed by atoms with Crippen molar-refractivity contribution >= 4 is 15.8 Å². The summed E-state index contributed by atoms with van der Waals surface area (Å²) in [5, 5.41) is 11.0. The molecule has 1 heterocycles. The van der Waals surface area contributed by atoms with E-state index in [1.807, 2.05) is 54.3 Å². The zero-order chi connectivity index (χ0) is 22.1. The van der Waals surface area contributed by atoms with Crippen LogP contribution in [-0.2, 0) is 29.3 Å². The first-order valence-corrected chi connectivity index (χ1v) is 12.2. The van der Waals surface area contributed by atoms with Gasteiger partial charge in [-0.25, -0.2) is 13.4 Å². The number of aromatic nitrogens is 2. The Morgan fingerprint density at radius 2 is 1.74 bits per heavy atom. The fourth-order valence-corrected chi connectivity index (χ4v) is 3.72. The molecule has 2 N–H and O–H groups in total. The fraction of sp³-hybridized carbons (Fsp3) is 0.304. The molecular formula is C23H29N5O2S. The van der Waals surface area contributed by atoms with Crippen LogP contribution in [0.1, 0.15) is 23.6 Å². The van der Waals surface area contributed by atoms with Gasteiger partial charge in [-0.1, -0.05) is 42.5 Å². The molecule has 1 aromatic heterocycles. The third kappa shape index (κ3) is 7.25. The molecule has 0 amide bonds. The van der Waals surface area contributed by atoms with E-state index in [1.54, 1.807) is 12.1 Å². The van der Waals surface area contributed by atoms with Crippen molar-refractivity contribution in [3.63, 3.8) is 0 Å². The van der Waals surface area contributed by atoms with Gasteiger partial charge in [-0.2, -0.15) is 5.10 Å². The van der Waals surface area contributed by atoms with E-state index in [0.717, 1.165) is 36.6 Å². The summed E-state index contributed by atoms with van der Waals surface area (Å²) in [5.74, 6) is 0.742. The Kier molecular flexibility index (Phi) is 7.83. The topological polar surface area (TPSA) is 88.4 Å². The first-order chi connectivity index (χ1) is 14.9. The molecular weight excluding hydrogens is 410 g/mol. The highest BCUT2D eigenvalue weighted by molar-refractivity contribution is 7.90.